The van der Waals surface area contributed by atoms with Gasteiger partial charge >= 0.3 is 6.09 Å². The highest BCUT2D eigenvalue weighted by atomic mass is 19.3. The molecule has 2 aliphatic heterocycles. The lowest BCUT2D eigenvalue weighted by atomic mass is 9.78. The van der Waals surface area contributed by atoms with Crippen molar-refractivity contribution in [2.75, 3.05) is 32.7 Å². The van der Waals surface area contributed by atoms with Gasteiger partial charge in [-0.2, -0.15) is 0 Å². The first-order valence-corrected chi connectivity index (χ1v) is 7.68. The number of likely N-dealkylation sites (tertiary alicyclic amines) is 2. The van der Waals surface area contributed by atoms with Crippen molar-refractivity contribution in [2.45, 2.75) is 52.1 Å². The highest BCUT2D eigenvalue weighted by Crippen LogP contribution is 2.40. The van der Waals surface area contributed by atoms with E-state index in [-0.39, 0.29) is 18.1 Å². The molecule has 4 nitrogen and oxygen atoms in total. The van der Waals surface area contributed by atoms with Crippen LogP contribution in [0, 0.1) is 5.41 Å². The van der Waals surface area contributed by atoms with E-state index in [1.807, 2.05) is 25.7 Å². The average molecular weight is 304 g/mol. The summed E-state index contributed by atoms with van der Waals surface area (Å²) in [6, 6.07) is 0. The van der Waals surface area contributed by atoms with Gasteiger partial charge < -0.3 is 9.64 Å². The van der Waals surface area contributed by atoms with Gasteiger partial charge in [0, 0.05) is 19.6 Å². The Morgan fingerprint density at radius 3 is 2.29 bits per heavy atom. The lowest BCUT2D eigenvalue weighted by Gasteiger charge is -2.39. The van der Waals surface area contributed by atoms with Crippen LogP contribution in [-0.4, -0.2) is 60.6 Å². The van der Waals surface area contributed by atoms with Crippen LogP contribution < -0.4 is 0 Å². The van der Waals surface area contributed by atoms with Gasteiger partial charge in [-0.3, -0.25) is 4.90 Å². The Labute approximate surface area is 125 Å². The van der Waals surface area contributed by atoms with Crippen LogP contribution in [0.2, 0.25) is 0 Å². The molecule has 0 N–H and O–H groups in total. The van der Waals surface area contributed by atoms with Gasteiger partial charge in [0.25, 0.3) is 6.43 Å². The lowest BCUT2D eigenvalue weighted by molar-refractivity contribution is 0.0103. The Hall–Kier alpha value is -0.910. The van der Waals surface area contributed by atoms with E-state index in [0.29, 0.717) is 13.1 Å². The maximum Gasteiger partial charge on any atom is 0.410 e. The van der Waals surface area contributed by atoms with E-state index in [1.54, 1.807) is 4.90 Å². The Balaban J connectivity index is 1.82. The number of nitrogens with zero attached hydrogens (tertiary/aromatic N) is 2. The van der Waals surface area contributed by atoms with E-state index in [2.05, 4.69) is 0 Å². The molecule has 1 amide bonds. The Morgan fingerprint density at radius 1 is 1.19 bits per heavy atom. The fourth-order valence-corrected chi connectivity index (χ4v) is 3.28. The predicted octanol–water partition coefficient (Wildman–Crippen LogP) is 2.97. The SMILES string of the molecule is CC(C)(C)OC(=O)N1CCC2(CCN(CC(F)F)C2)CC1. The molecule has 0 aromatic rings. The summed E-state index contributed by atoms with van der Waals surface area (Å²) in [5.74, 6) is 0. The monoisotopic (exact) mass is 304 g/mol. The largest absolute Gasteiger partial charge is 0.444 e. The molecular formula is C15H26F2N2O2. The molecule has 2 fully saturated rings. The van der Waals surface area contributed by atoms with Crippen LogP contribution in [0.5, 0.6) is 0 Å². The zero-order valence-electron chi connectivity index (χ0n) is 13.2. The van der Waals surface area contributed by atoms with Crippen molar-refractivity contribution in [1.29, 1.82) is 0 Å². The molecule has 0 atom stereocenters. The summed E-state index contributed by atoms with van der Waals surface area (Å²) in [7, 11) is 0. The second kappa shape index (κ2) is 6.07. The van der Waals surface area contributed by atoms with Gasteiger partial charge in [0.1, 0.15) is 5.60 Å². The summed E-state index contributed by atoms with van der Waals surface area (Å²) in [6.07, 6.45) is 0.196. The average Bonchev–Trinajstić information content (AvgIpc) is 2.70. The molecule has 0 bridgehead atoms. The first-order valence-electron chi connectivity index (χ1n) is 7.68. The number of hydrogen-bond acceptors (Lipinski definition) is 3. The minimum absolute atomic E-state index is 0.118. The Kier molecular flexibility index (Phi) is 4.76. The van der Waals surface area contributed by atoms with Crippen molar-refractivity contribution < 1.29 is 18.3 Å². The first-order chi connectivity index (χ1) is 9.69. The van der Waals surface area contributed by atoms with Crippen molar-refractivity contribution in [3.05, 3.63) is 0 Å². The fraction of sp³-hybridized carbons (Fsp3) is 0.933. The summed E-state index contributed by atoms with van der Waals surface area (Å²) >= 11 is 0. The van der Waals surface area contributed by atoms with Gasteiger partial charge in [0.2, 0.25) is 0 Å². The molecule has 21 heavy (non-hydrogen) atoms. The van der Waals surface area contributed by atoms with Gasteiger partial charge in [0.15, 0.2) is 0 Å². The number of alkyl halides is 2. The van der Waals surface area contributed by atoms with Crippen LogP contribution in [0.25, 0.3) is 0 Å². The van der Waals surface area contributed by atoms with E-state index in [1.165, 1.54) is 0 Å². The summed E-state index contributed by atoms with van der Waals surface area (Å²) in [6.45, 7) is 8.25. The van der Waals surface area contributed by atoms with Crippen molar-refractivity contribution >= 4 is 6.09 Å². The summed E-state index contributed by atoms with van der Waals surface area (Å²) in [5, 5.41) is 0. The maximum atomic E-state index is 12.5. The molecule has 0 unspecified atom stereocenters. The van der Waals surface area contributed by atoms with Gasteiger partial charge in [-0.1, -0.05) is 0 Å². The third-order valence-corrected chi connectivity index (χ3v) is 4.39. The number of rotatable bonds is 2. The second-order valence-electron chi connectivity index (χ2n) is 7.34. The molecule has 0 aromatic carbocycles. The molecular weight excluding hydrogens is 278 g/mol. The molecule has 2 heterocycles. The standard InChI is InChI=1S/C15H26F2N2O2/c1-14(2,3)21-13(20)19-8-5-15(6-9-19)4-7-18(11-15)10-12(16)17/h12H,4-11H2,1-3H3. The molecule has 0 radical (unpaired) electrons. The van der Waals surface area contributed by atoms with Crippen molar-refractivity contribution in [3.8, 4) is 0 Å². The number of piperidine rings is 1. The lowest BCUT2D eigenvalue weighted by Crippen LogP contribution is -2.46. The molecule has 0 aliphatic carbocycles. The smallest absolute Gasteiger partial charge is 0.410 e. The van der Waals surface area contributed by atoms with Gasteiger partial charge in [-0.05, 0) is 52.0 Å². The number of ether oxygens (including phenoxy) is 1. The van der Waals surface area contributed by atoms with Crippen molar-refractivity contribution in [3.63, 3.8) is 0 Å². The summed E-state index contributed by atoms with van der Waals surface area (Å²) < 4.78 is 30.3. The van der Waals surface area contributed by atoms with E-state index >= 15 is 0 Å². The normalized spacial score (nSPS) is 23.0. The molecule has 1 spiro atoms. The zero-order chi connectivity index (χ0) is 15.7. The van der Waals surface area contributed by atoms with Gasteiger partial charge in [0.05, 0.1) is 6.54 Å². The molecule has 0 saturated carbocycles. The van der Waals surface area contributed by atoms with Crippen molar-refractivity contribution in [1.82, 2.24) is 9.80 Å². The minimum Gasteiger partial charge on any atom is -0.444 e. The highest BCUT2D eigenvalue weighted by molar-refractivity contribution is 5.68. The highest BCUT2D eigenvalue weighted by Gasteiger charge is 2.42. The van der Waals surface area contributed by atoms with Crippen LogP contribution in [0.4, 0.5) is 13.6 Å². The van der Waals surface area contributed by atoms with E-state index in [0.717, 1.165) is 32.4 Å². The zero-order valence-corrected chi connectivity index (χ0v) is 13.2. The Morgan fingerprint density at radius 2 is 1.76 bits per heavy atom. The second-order valence-corrected chi connectivity index (χ2v) is 7.34. The summed E-state index contributed by atoms with van der Waals surface area (Å²) in [4.78, 5) is 15.6. The first kappa shape index (κ1) is 16.5. The van der Waals surface area contributed by atoms with Crippen LogP contribution in [-0.2, 0) is 4.74 Å². The molecule has 6 heteroatoms. The fourth-order valence-electron chi connectivity index (χ4n) is 3.28. The van der Waals surface area contributed by atoms with Gasteiger partial charge in [-0.25, -0.2) is 13.6 Å². The predicted molar refractivity (Wildman–Crippen MR) is 76.5 cm³/mol. The molecule has 2 saturated heterocycles. The molecule has 2 aliphatic rings. The van der Waals surface area contributed by atoms with Crippen molar-refractivity contribution in [2.24, 2.45) is 5.41 Å². The van der Waals surface area contributed by atoms with Crippen LogP contribution >= 0.6 is 0 Å². The number of carbonyl (C=O) groups excluding carboxylic acids is 1. The minimum atomic E-state index is -2.26. The third kappa shape index (κ3) is 4.53. The van der Waals surface area contributed by atoms with E-state index in [9.17, 15) is 13.6 Å². The number of halogens is 2. The molecule has 0 aromatic heterocycles. The quantitative estimate of drug-likeness (QED) is 0.786. The van der Waals surface area contributed by atoms with Crippen LogP contribution in [0.3, 0.4) is 0 Å². The third-order valence-electron chi connectivity index (χ3n) is 4.39. The Bertz CT molecular complexity index is 374. The topological polar surface area (TPSA) is 32.8 Å². The maximum absolute atomic E-state index is 12.5. The van der Waals surface area contributed by atoms with Crippen LogP contribution in [0.15, 0.2) is 0 Å². The number of amides is 1. The molecule has 2 rings (SSSR count). The summed E-state index contributed by atoms with van der Waals surface area (Å²) in [5.41, 5.74) is -0.360. The van der Waals surface area contributed by atoms with E-state index < -0.39 is 12.0 Å². The van der Waals surface area contributed by atoms with Crippen LogP contribution in [0.1, 0.15) is 40.0 Å². The number of hydrogen-bond donors (Lipinski definition) is 0. The van der Waals surface area contributed by atoms with E-state index in [4.69, 9.17) is 4.74 Å². The van der Waals surface area contributed by atoms with Gasteiger partial charge in [-0.15, -0.1) is 0 Å². The molecule has 122 valence electrons. The number of carbonyl (C=O) groups is 1.